The molecule has 0 spiro atoms. The minimum atomic E-state index is -0.887. The number of rotatable bonds is 3. The van der Waals surface area contributed by atoms with Crippen molar-refractivity contribution < 1.29 is 14.7 Å². The van der Waals surface area contributed by atoms with Crippen molar-refractivity contribution in [3.8, 4) is 0 Å². The third-order valence-electron chi connectivity index (χ3n) is 2.33. The summed E-state index contributed by atoms with van der Waals surface area (Å²) in [4.78, 5) is 23.4. The zero-order chi connectivity index (χ0) is 10.7. The molecule has 0 saturated carbocycles. The molecule has 1 saturated heterocycles. The first kappa shape index (κ1) is 11.0. The van der Waals surface area contributed by atoms with Crippen molar-refractivity contribution in [2.24, 2.45) is 5.92 Å². The number of carbonyl (C=O) groups is 2. The van der Waals surface area contributed by atoms with Gasteiger partial charge in [0.05, 0.1) is 13.1 Å². The predicted octanol–water partition coefficient (Wildman–Crippen LogP) is -0.473. The summed E-state index contributed by atoms with van der Waals surface area (Å²) in [6.45, 7) is 4.77. The zero-order valence-corrected chi connectivity index (χ0v) is 8.49. The van der Waals surface area contributed by atoms with Crippen LogP contribution in [0.15, 0.2) is 0 Å². The van der Waals surface area contributed by atoms with E-state index in [1.54, 1.807) is 4.90 Å². The highest BCUT2D eigenvalue weighted by atomic mass is 16.4. The summed E-state index contributed by atoms with van der Waals surface area (Å²) < 4.78 is 0. The van der Waals surface area contributed by atoms with Crippen LogP contribution in [0.2, 0.25) is 0 Å². The molecule has 5 nitrogen and oxygen atoms in total. The van der Waals surface area contributed by atoms with Crippen molar-refractivity contribution in [3.05, 3.63) is 0 Å². The van der Waals surface area contributed by atoms with Gasteiger partial charge in [0.1, 0.15) is 0 Å². The van der Waals surface area contributed by atoms with E-state index in [1.807, 2.05) is 13.8 Å². The van der Waals surface area contributed by atoms with Crippen LogP contribution in [-0.2, 0) is 9.59 Å². The highest BCUT2D eigenvalue weighted by Crippen LogP contribution is 2.08. The second-order valence-electron chi connectivity index (χ2n) is 3.98. The van der Waals surface area contributed by atoms with E-state index in [0.717, 1.165) is 0 Å². The molecule has 1 heterocycles. The van der Waals surface area contributed by atoms with Crippen LogP contribution in [0.5, 0.6) is 0 Å². The molecular weight excluding hydrogens is 184 g/mol. The molecule has 2 N–H and O–H groups in total. The van der Waals surface area contributed by atoms with Gasteiger partial charge in [-0.2, -0.15) is 0 Å². The Morgan fingerprint density at radius 1 is 1.71 bits per heavy atom. The van der Waals surface area contributed by atoms with E-state index in [-0.39, 0.29) is 25.0 Å². The molecule has 1 fully saturated rings. The lowest BCUT2D eigenvalue weighted by Gasteiger charge is -2.34. The molecule has 1 aliphatic heterocycles. The molecule has 0 unspecified atom stereocenters. The Kier molecular flexibility index (Phi) is 3.46. The fraction of sp³-hybridized carbons (Fsp3) is 0.778. The number of amides is 1. The summed E-state index contributed by atoms with van der Waals surface area (Å²) >= 11 is 0. The number of carboxylic acid groups (broad SMARTS) is 1. The number of carboxylic acids is 1. The first-order valence-electron chi connectivity index (χ1n) is 4.72. The Labute approximate surface area is 83.1 Å². The summed E-state index contributed by atoms with van der Waals surface area (Å²) in [6.07, 6.45) is 0. The largest absolute Gasteiger partial charge is 0.480 e. The second-order valence-corrected chi connectivity index (χ2v) is 3.98. The maximum atomic E-state index is 11.2. The molecule has 14 heavy (non-hydrogen) atoms. The molecule has 80 valence electrons. The molecule has 0 radical (unpaired) electrons. The van der Waals surface area contributed by atoms with E-state index in [9.17, 15) is 9.59 Å². The minimum Gasteiger partial charge on any atom is -0.480 e. The van der Waals surface area contributed by atoms with Gasteiger partial charge in [-0.1, -0.05) is 13.8 Å². The van der Waals surface area contributed by atoms with Crippen molar-refractivity contribution in [1.82, 2.24) is 10.2 Å². The molecular formula is C9H16N2O3. The maximum Gasteiger partial charge on any atom is 0.317 e. The molecule has 0 aromatic heterocycles. The Morgan fingerprint density at radius 3 is 2.86 bits per heavy atom. The molecule has 1 atom stereocenters. The molecule has 0 aromatic carbocycles. The fourth-order valence-corrected chi connectivity index (χ4v) is 1.53. The van der Waals surface area contributed by atoms with Crippen molar-refractivity contribution in [2.75, 3.05) is 19.6 Å². The van der Waals surface area contributed by atoms with Gasteiger partial charge in [0, 0.05) is 12.6 Å². The van der Waals surface area contributed by atoms with E-state index < -0.39 is 5.97 Å². The predicted molar refractivity (Wildman–Crippen MR) is 50.8 cm³/mol. The van der Waals surface area contributed by atoms with Crippen LogP contribution in [0.25, 0.3) is 0 Å². The lowest BCUT2D eigenvalue weighted by atomic mass is 10.0. The van der Waals surface area contributed by atoms with Crippen molar-refractivity contribution in [3.63, 3.8) is 0 Å². The number of hydrogen-bond acceptors (Lipinski definition) is 3. The van der Waals surface area contributed by atoms with E-state index in [1.165, 1.54) is 0 Å². The fourth-order valence-electron chi connectivity index (χ4n) is 1.53. The number of aliphatic carboxylic acids is 1. The van der Waals surface area contributed by atoms with Crippen molar-refractivity contribution in [2.45, 2.75) is 19.9 Å². The van der Waals surface area contributed by atoms with Crippen LogP contribution in [0, 0.1) is 5.92 Å². The van der Waals surface area contributed by atoms with Crippen LogP contribution in [-0.4, -0.2) is 47.6 Å². The van der Waals surface area contributed by atoms with E-state index in [0.29, 0.717) is 12.5 Å². The van der Waals surface area contributed by atoms with Crippen molar-refractivity contribution >= 4 is 11.9 Å². The van der Waals surface area contributed by atoms with Crippen LogP contribution in [0.1, 0.15) is 13.8 Å². The number of piperazine rings is 1. The third-order valence-corrected chi connectivity index (χ3v) is 2.33. The lowest BCUT2D eigenvalue weighted by molar-refractivity contribution is -0.139. The van der Waals surface area contributed by atoms with Gasteiger partial charge in [-0.3, -0.25) is 14.5 Å². The van der Waals surface area contributed by atoms with Gasteiger partial charge in [-0.05, 0) is 5.92 Å². The zero-order valence-electron chi connectivity index (χ0n) is 8.49. The third kappa shape index (κ3) is 2.99. The molecule has 0 aromatic rings. The van der Waals surface area contributed by atoms with Crippen LogP contribution in [0.3, 0.4) is 0 Å². The van der Waals surface area contributed by atoms with Gasteiger partial charge >= 0.3 is 5.97 Å². The van der Waals surface area contributed by atoms with E-state index in [2.05, 4.69) is 5.32 Å². The SMILES string of the molecule is CC(C)[C@H]1CN(CC(=O)O)CC(=O)N1. The van der Waals surface area contributed by atoms with Gasteiger partial charge in [0.2, 0.25) is 5.91 Å². The van der Waals surface area contributed by atoms with Crippen LogP contribution in [0.4, 0.5) is 0 Å². The highest BCUT2D eigenvalue weighted by molar-refractivity contribution is 5.80. The first-order chi connectivity index (χ1) is 6.49. The number of hydrogen-bond donors (Lipinski definition) is 2. The highest BCUT2D eigenvalue weighted by Gasteiger charge is 2.27. The van der Waals surface area contributed by atoms with Gasteiger partial charge in [0.15, 0.2) is 0 Å². The molecule has 5 heteroatoms. The number of nitrogens with one attached hydrogen (secondary N) is 1. The quantitative estimate of drug-likeness (QED) is 0.646. The monoisotopic (exact) mass is 200 g/mol. The van der Waals surface area contributed by atoms with Gasteiger partial charge in [-0.15, -0.1) is 0 Å². The summed E-state index contributed by atoms with van der Waals surface area (Å²) in [5.41, 5.74) is 0. The average molecular weight is 200 g/mol. The molecule has 0 bridgehead atoms. The summed E-state index contributed by atoms with van der Waals surface area (Å²) in [6, 6.07) is 0.0654. The average Bonchev–Trinajstić information content (AvgIpc) is 2.01. The smallest absolute Gasteiger partial charge is 0.317 e. The first-order valence-corrected chi connectivity index (χ1v) is 4.72. The maximum absolute atomic E-state index is 11.2. The van der Waals surface area contributed by atoms with Crippen LogP contribution < -0.4 is 5.32 Å². The molecule has 1 aliphatic rings. The summed E-state index contributed by atoms with van der Waals surface area (Å²) in [5, 5.41) is 11.4. The number of carbonyl (C=O) groups excluding carboxylic acids is 1. The number of nitrogens with zero attached hydrogens (tertiary/aromatic N) is 1. The Hall–Kier alpha value is -1.10. The Balaban J connectivity index is 2.53. The Morgan fingerprint density at radius 2 is 2.36 bits per heavy atom. The normalized spacial score (nSPS) is 23.6. The van der Waals surface area contributed by atoms with E-state index >= 15 is 0 Å². The minimum absolute atomic E-state index is 0.0589. The summed E-state index contributed by atoms with van der Waals surface area (Å²) in [7, 11) is 0. The second kappa shape index (κ2) is 4.41. The lowest BCUT2D eigenvalue weighted by Crippen LogP contribution is -2.56. The standard InChI is InChI=1S/C9H16N2O3/c1-6(2)7-3-11(5-9(13)14)4-8(12)10-7/h6-7H,3-5H2,1-2H3,(H,10,12)(H,13,14)/t7-/m1/s1. The summed E-state index contributed by atoms with van der Waals surface area (Å²) in [5.74, 6) is -0.644. The molecule has 1 amide bonds. The molecule has 1 rings (SSSR count). The van der Waals surface area contributed by atoms with Gasteiger partial charge in [0.25, 0.3) is 0 Å². The van der Waals surface area contributed by atoms with Crippen molar-refractivity contribution in [1.29, 1.82) is 0 Å². The van der Waals surface area contributed by atoms with Gasteiger partial charge in [-0.25, -0.2) is 0 Å². The van der Waals surface area contributed by atoms with Crippen LogP contribution >= 0.6 is 0 Å². The topological polar surface area (TPSA) is 69.6 Å². The van der Waals surface area contributed by atoms with E-state index in [4.69, 9.17) is 5.11 Å². The molecule has 0 aliphatic carbocycles. The Bertz CT molecular complexity index is 238. The van der Waals surface area contributed by atoms with Gasteiger partial charge < -0.3 is 10.4 Å².